The largest absolute Gasteiger partial charge is 0.486 e. The molecule has 1 aliphatic heterocycles. The highest BCUT2D eigenvalue weighted by molar-refractivity contribution is 7.89. The van der Waals surface area contributed by atoms with E-state index in [2.05, 4.69) is 5.32 Å². The number of hydrogen-bond donors (Lipinski definition) is 2. The first-order valence-corrected chi connectivity index (χ1v) is 11.5. The van der Waals surface area contributed by atoms with Gasteiger partial charge in [-0.2, -0.15) is 0 Å². The molecular formula is C22H19ClN2O6S. The SMILES string of the molecule is NS(=O)(=O)c1cc(NC(=O)Cc2ccc3c(c2)OCCO3)ccc1Oc1ccc(Cl)cc1. The Bertz CT molecular complexity index is 1260. The van der Waals surface area contributed by atoms with Gasteiger partial charge in [-0.3, -0.25) is 4.79 Å². The molecule has 1 heterocycles. The van der Waals surface area contributed by atoms with Gasteiger partial charge in [-0.15, -0.1) is 0 Å². The van der Waals surface area contributed by atoms with Crippen molar-refractivity contribution in [1.82, 2.24) is 0 Å². The average molecular weight is 475 g/mol. The summed E-state index contributed by atoms with van der Waals surface area (Å²) in [4.78, 5) is 12.3. The van der Waals surface area contributed by atoms with Gasteiger partial charge < -0.3 is 19.5 Å². The summed E-state index contributed by atoms with van der Waals surface area (Å²) in [6.45, 7) is 0.931. The van der Waals surface area contributed by atoms with Crippen LogP contribution in [0.25, 0.3) is 0 Å². The van der Waals surface area contributed by atoms with E-state index in [9.17, 15) is 13.2 Å². The van der Waals surface area contributed by atoms with Crippen LogP contribution in [0, 0.1) is 0 Å². The highest BCUT2D eigenvalue weighted by Gasteiger charge is 2.18. The number of benzene rings is 3. The lowest BCUT2D eigenvalue weighted by molar-refractivity contribution is -0.115. The molecule has 0 aliphatic carbocycles. The molecule has 0 fully saturated rings. The number of ether oxygens (including phenoxy) is 3. The van der Waals surface area contributed by atoms with Crippen LogP contribution in [0.5, 0.6) is 23.0 Å². The quantitative estimate of drug-likeness (QED) is 0.562. The second kappa shape index (κ2) is 9.07. The maximum atomic E-state index is 12.5. The van der Waals surface area contributed by atoms with Crippen molar-refractivity contribution in [3.63, 3.8) is 0 Å². The number of carbonyl (C=O) groups excluding carboxylic acids is 1. The van der Waals surface area contributed by atoms with Gasteiger partial charge in [0.2, 0.25) is 15.9 Å². The Balaban J connectivity index is 1.51. The first-order chi connectivity index (χ1) is 15.3. The molecule has 166 valence electrons. The molecule has 3 aromatic rings. The zero-order valence-corrected chi connectivity index (χ0v) is 18.3. The molecule has 0 radical (unpaired) electrons. The molecule has 0 unspecified atom stereocenters. The standard InChI is InChI=1S/C22H19ClN2O6S/c23-15-2-5-17(6-3-15)31-19-8-4-16(13-21(19)32(24,27)28)25-22(26)12-14-1-7-18-20(11-14)30-10-9-29-18/h1-8,11,13H,9-10,12H2,(H,25,26)(H2,24,27,28). The number of amides is 1. The highest BCUT2D eigenvalue weighted by Crippen LogP contribution is 2.32. The summed E-state index contributed by atoms with van der Waals surface area (Å²) in [5.74, 6) is 1.29. The number of rotatable bonds is 6. The first-order valence-electron chi connectivity index (χ1n) is 9.56. The van der Waals surface area contributed by atoms with Crippen molar-refractivity contribution in [2.45, 2.75) is 11.3 Å². The fourth-order valence-electron chi connectivity index (χ4n) is 3.11. The summed E-state index contributed by atoms with van der Waals surface area (Å²) in [6, 6.07) is 15.9. The van der Waals surface area contributed by atoms with Gasteiger partial charge in [0.15, 0.2) is 11.5 Å². The highest BCUT2D eigenvalue weighted by atomic mass is 35.5. The second-order valence-corrected chi connectivity index (χ2v) is 8.93. The van der Waals surface area contributed by atoms with Crippen LogP contribution in [-0.2, 0) is 21.2 Å². The van der Waals surface area contributed by atoms with E-state index in [1.165, 1.54) is 18.2 Å². The van der Waals surface area contributed by atoms with Crippen molar-refractivity contribution in [1.29, 1.82) is 0 Å². The minimum Gasteiger partial charge on any atom is -0.486 e. The predicted molar refractivity (Wildman–Crippen MR) is 119 cm³/mol. The van der Waals surface area contributed by atoms with Crippen LogP contribution in [-0.4, -0.2) is 27.5 Å². The summed E-state index contributed by atoms with van der Waals surface area (Å²) >= 11 is 5.86. The maximum Gasteiger partial charge on any atom is 0.241 e. The summed E-state index contributed by atoms with van der Waals surface area (Å²) in [7, 11) is -4.12. The molecular weight excluding hydrogens is 456 g/mol. The molecule has 8 nitrogen and oxygen atoms in total. The third-order valence-electron chi connectivity index (χ3n) is 4.55. The summed E-state index contributed by atoms with van der Waals surface area (Å²) in [5.41, 5.74) is 0.987. The normalized spacial score (nSPS) is 12.8. The number of primary sulfonamides is 1. The molecule has 32 heavy (non-hydrogen) atoms. The van der Waals surface area contributed by atoms with Crippen molar-refractivity contribution < 1.29 is 27.4 Å². The van der Waals surface area contributed by atoms with E-state index in [0.717, 1.165) is 5.56 Å². The van der Waals surface area contributed by atoms with Crippen LogP contribution >= 0.6 is 11.6 Å². The Morgan fingerprint density at radius 3 is 2.44 bits per heavy atom. The molecule has 0 saturated carbocycles. The fourth-order valence-corrected chi connectivity index (χ4v) is 3.92. The predicted octanol–water partition coefficient (Wildman–Crippen LogP) is 3.73. The van der Waals surface area contributed by atoms with Gasteiger partial charge in [-0.05, 0) is 60.2 Å². The Labute approximate surface area is 189 Å². The third-order valence-corrected chi connectivity index (χ3v) is 5.73. The van der Waals surface area contributed by atoms with Gasteiger partial charge >= 0.3 is 0 Å². The van der Waals surface area contributed by atoms with Crippen LogP contribution in [0.2, 0.25) is 5.02 Å². The van der Waals surface area contributed by atoms with Crippen molar-refractivity contribution in [3.8, 4) is 23.0 Å². The number of carbonyl (C=O) groups is 1. The van der Waals surface area contributed by atoms with Gasteiger partial charge in [0.05, 0.1) is 6.42 Å². The van der Waals surface area contributed by atoms with E-state index in [-0.39, 0.29) is 28.7 Å². The van der Waals surface area contributed by atoms with Crippen LogP contribution in [0.3, 0.4) is 0 Å². The van der Waals surface area contributed by atoms with E-state index < -0.39 is 10.0 Å². The van der Waals surface area contributed by atoms with Gasteiger partial charge in [-0.1, -0.05) is 17.7 Å². The Morgan fingerprint density at radius 2 is 1.72 bits per heavy atom. The van der Waals surface area contributed by atoms with Crippen molar-refractivity contribution in [3.05, 3.63) is 71.2 Å². The number of hydrogen-bond acceptors (Lipinski definition) is 6. The molecule has 3 aromatic carbocycles. The van der Waals surface area contributed by atoms with E-state index >= 15 is 0 Å². The van der Waals surface area contributed by atoms with Gasteiger partial charge in [-0.25, -0.2) is 13.6 Å². The smallest absolute Gasteiger partial charge is 0.241 e. The molecule has 1 aliphatic rings. The molecule has 3 N–H and O–H groups in total. The lowest BCUT2D eigenvalue weighted by Gasteiger charge is -2.18. The lowest BCUT2D eigenvalue weighted by atomic mass is 10.1. The first kappa shape index (κ1) is 21.9. The number of nitrogens with one attached hydrogen (secondary N) is 1. The number of anilines is 1. The van der Waals surface area contributed by atoms with Crippen LogP contribution < -0.4 is 24.7 Å². The molecule has 0 saturated heterocycles. The number of halogens is 1. The Kier molecular flexibility index (Phi) is 6.22. The van der Waals surface area contributed by atoms with Gasteiger partial charge in [0, 0.05) is 10.7 Å². The Morgan fingerprint density at radius 1 is 1.00 bits per heavy atom. The molecule has 0 bridgehead atoms. The molecule has 0 atom stereocenters. The summed E-state index contributed by atoms with van der Waals surface area (Å²) in [5, 5.41) is 8.55. The van der Waals surface area contributed by atoms with E-state index in [1.54, 1.807) is 42.5 Å². The molecule has 1 amide bonds. The van der Waals surface area contributed by atoms with Crippen molar-refractivity contribution in [2.24, 2.45) is 5.14 Å². The second-order valence-electron chi connectivity index (χ2n) is 6.97. The number of fused-ring (bicyclic) bond motifs is 1. The zero-order valence-electron chi connectivity index (χ0n) is 16.7. The average Bonchev–Trinajstić information content (AvgIpc) is 2.75. The number of nitrogens with two attached hydrogens (primary N) is 1. The minimum absolute atomic E-state index is 0.0275. The molecule has 10 heteroatoms. The maximum absolute atomic E-state index is 12.5. The van der Waals surface area contributed by atoms with Gasteiger partial charge in [0.25, 0.3) is 0 Å². The fraction of sp³-hybridized carbons (Fsp3) is 0.136. The van der Waals surface area contributed by atoms with Crippen molar-refractivity contribution in [2.75, 3.05) is 18.5 Å². The zero-order chi connectivity index (χ0) is 22.7. The van der Waals surface area contributed by atoms with E-state index in [0.29, 0.717) is 35.5 Å². The third kappa shape index (κ3) is 5.31. The summed E-state index contributed by atoms with van der Waals surface area (Å²) < 4.78 is 40.8. The number of sulfonamides is 1. The topological polar surface area (TPSA) is 117 Å². The van der Waals surface area contributed by atoms with Crippen molar-refractivity contribution >= 4 is 33.2 Å². The Hall–Kier alpha value is -3.27. The van der Waals surface area contributed by atoms with Crippen LogP contribution in [0.1, 0.15) is 5.56 Å². The van der Waals surface area contributed by atoms with E-state index in [1.807, 2.05) is 0 Å². The summed E-state index contributed by atoms with van der Waals surface area (Å²) in [6.07, 6.45) is 0.0599. The van der Waals surface area contributed by atoms with Gasteiger partial charge in [0.1, 0.15) is 29.6 Å². The monoisotopic (exact) mass is 474 g/mol. The molecule has 0 aromatic heterocycles. The van der Waals surface area contributed by atoms with E-state index in [4.69, 9.17) is 31.0 Å². The lowest BCUT2D eigenvalue weighted by Crippen LogP contribution is -2.18. The minimum atomic E-state index is -4.12. The van der Waals surface area contributed by atoms with Crippen LogP contribution in [0.4, 0.5) is 5.69 Å². The molecule has 4 rings (SSSR count). The van der Waals surface area contributed by atoms with Crippen LogP contribution in [0.15, 0.2) is 65.6 Å². The molecule has 0 spiro atoms.